The van der Waals surface area contributed by atoms with Crippen molar-refractivity contribution >= 4 is 12.2 Å². The van der Waals surface area contributed by atoms with Crippen LogP contribution >= 0.6 is 12.2 Å². The zero-order chi connectivity index (χ0) is 22.1. The van der Waals surface area contributed by atoms with Gasteiger partial charge in [0.15, 0.2) is 4.77 Å². The lowest BCUT2D eigenvalue weighted by Crippen LogP contribution is -2.39. The van der Waals surface area contributed by atoms with E-state index in [1.54, 1.807) is 0 Å². The fourth-order valence-electron chi connectivity index (χ4n) is 4.48. The molecule has 3 aromatic rings. The molecule has 2 aliphatic rings. The summed E-state index contributed by atoms with van der Waals surface area (Å²) in [5.41, 5.74) is 3.73. The summed E-state index contributed by atoms with van der Waals surface area (Å²) in [6.07, 6.45) is 4.78. The summed E-state index contributed by atoms with van der Waals surface area (Å²) in [6.45, 7) is 7.80. The third-order valence-corrected chi connectivity index (χ3v) is 7.01. The minimum atomic E-state index is 0.275. The van der Waals surface area contributed by atoms with Crippen LogP contribution < -0.4 is 4.74 Å². The van der Waals surface area contributed by atoms with Gasteiger partial charge in [-0.1, -0.05) is 42.5 Å². The molecule has 0 amide bonds. The lowest BCUT2D eigenvalue weighted by atomic mass is 10.1. The van der Waals surface area contributed by atoms with Gasteiger partial charge in [0.05, 0.1) is 13.2 Å². The van der Waals surface area contributed by atoms with Gasteiger partial charge in [0, 0.05) is 19.0 Å². The van der Waals surface area contributed by atoms with Crippen molar-refractivity contribution in [2.75, 3.05) is 13.1 Å². The molecule has 0 spiro atoms. The molecular weight excluding hydrogens is 416 g/mol. The standard InChI is InChI=1S/C26H32N4OS/c1-19-8-9-20(2)24(16-19)31-23-12-14-28(15-13-23)18-30-26(32)29(25(27-30)22-10-11-22)17-21-6-4-3-5-7-21/h3-9,16,22-23H,10-15,17-18H2,1-2H3. The van der Waals surface area contributed by atoms with Crippen molar-refractivity contribution in [1.29, 1.82) is 0 Å². The number of nitrogens with zero attached hydrogens (tertiary/aromatic N) is 4. The Morgan fingerprint density at radius 1 is 1.00 bits per heavy atom. The molecule has 0 N–H and O–H groups in total. The Labute approximate surface area is 195 Å². The van der Waals surface area contributed by atoms with Crippen LogP contribution in [-0.4, -0.2) is 38.4 Å². The number of aromatic nitrogens is 3. The summed E-state index contributed by atoms with van der Waals surface area (Å²) < 4.78 is 11.5. The molecule has 0 unspecified atom stereocenters. The Bertz CT molecular complexity index is 1120. The van der Waals surface area contributed by atoms with Gasteiger partial charge in [-0.2, -0.15) is 5.10 Å². The van der Waals surface area contributed by atoms with Gasteiger partial charge in [-0.3, -0.25) is 9.47 Å². The van der Waals surface area contributed by atoms with Crippen LogP contribution in [0.5, 0.6) is 5.75 Å². The monoisotopic (exact) mass is 448 g/mol. The van der Waals surface area contributed by atoms with Crippen molar-refractivity contribution in [2.24, 2.45) is 0 Å². The highest BCUT2D eigenvalue weighted by atomic mass is 32.1. The van der Waals surface area contributed by atoms with Crippen molar-refractivity contribution in [2.45, 2.75) is 64.8 Å². The van der Waals surface area contributed by atoms with E-state index in [0.717, 1.165) is 55.5 Å². The Hall–Kier alpha value is -2.44. The first kappa shape index (κ1) is 21.4. The van der Waals surface area contributed by atoms with E-state index < -0.39 is 0 Å². The van der Waals surface area contributed by atoms with Crippen molar-refractivity contribution < 1.29 is 4.74 Å². The zero-order valence-corrected chi connectivity index (χ0v) is 19.9. The number of rotatable bonds is 7. The average molecular weight is 449 g/mol. The van der Waals surface area contributed by atoms with Crippen molar-refractivity contribution in [3.8, 4) is 5.75 Å². The number of benzene rings is 2. The first-order chi connectivity index (χ1) is 15.6. The lowest BCUT2D eigenvalue weighted by Gasteiger charge is -2.32. The number of likely N-dealkylation sites (tertiary alicyclic amines) is 1. The van der Waals surface area contributed by atoms with Crippen LogP contribution in [0.25, 0.3) is 0 Å². The Balaban J connectivity index is 1.24. The molecule has 0 atom stereocenters. The molecule has 2 aromatic carbocycles. The van der Waals surface area contributed by atoms with Crippen LogP contribution in [-0.2, 0) is 13.2 Å². The maximum absolute atomic E-state index is 6.34. The van der Waals surface area contributed by atoms with E-state index in [4.69, 9.17) is 22.1 Å². The number of aryl methyl sites for hydroxylation is 2. The van der Waals surface area contributed by atoms with Crippen LogP contribution in [0.15, 0.2) is 48.5 Å². The normalized spacial score (nSPS) is 17.6. The number of hydrogen-bond donors (Lipinski definition) is 0. The summed E-state index contributed by atoms with van der Waals surface area (Å²) in [5.74, 6) is 2.75. The SMILES string of the molecule is Cc1ccc(C)c(OC2CCN(Cn3nc(C4CC4)n(Cc4ccccc4)c3=S)CC2)c1. The molecule has 6 heteroatoms. The molecule has 1 aliphatic heterocycles. The molecule has 5 nitrogen and oxygen atoms in total. The topological polar surface area (TPSA) is 35.2 Å². The highest BCUT2D eigenvalue weighted by molar-refractivity contribution is 7.71. The summed E-state index contributed by atoms with van der Waals surface area (Å²) in [5, 5.41) is 4.97. The van der Waals surface area contributed by atoms with E-state index in [2.05, 4.69) is 71.8 Å². The lowest BCUT2D eigenvalue weighted by molar-refractivity contribution is 0.0796. The third kappa shape index (κ3) is 4.81. The quantitative estimate of drug-likeness (QED) is 0.450. The second-order valence-corrected chi connectivity index (χ2v) is 9.70. The predicted molar refractivity (Wildman–Crippen MR) is 130 cm³/mol. The number of hydrogen-bond acceptors (Lipinski definition) is 4. The van der Waals surface area contributed by atoms with Gasteiger partial charge in [0.1, 0.15) is 17.7 Å². The Morgan fingerprint density at radius 3 is 2.47 bits per heavy atom. The first-order valence-corrected chi connectivity index (χ1v) is 12.2. The molecular formula is C26H32N4OS. The largest absolute Gasteiger partial charge is 0.490 e. The molecule has 168 valence electrons. The highest BCUT2D eigenvalue weighted by Crippen LogP contribution is 2.39. The predicted octanol–water partition coefficient (Wildman–Crippen LogP) is 5.46. The van der Waals surface area contributed by atoms with Crippen LogP contribution in [0, 0.1) is 18.6 Å². The van der Waals surface area contributed by atoms with Crippen LogP contribution in [0.1, 0.15) is 54.1 Å². The minimum Gasteiger partial charge on any atom is -0.490 e. The minimum absolute atomic E-state index is 0.275. The molecule has 1 aliphatic carbocycles. The number of piperidine rings is 1. The van der Waals surface area contributed by atoms with Gasteiger partial charge in [-0.15, -0.1) is 0 Å². The number of ether oxygens (including phenoxy) is 1. The van der Waals surface area contributed by atoms with Gasteiger partial charge in [-0.25, -0.2) is 4.68 Å². The molecule has 1 aromatic heterocycles. The molecule has 1 saturated carbocycles. The van der Waals surface area contributed by atoms with Gasteiger partial charge in [-0.05, 0) is 74.5 Å². The molecule has 5 rings (SSSR count). The molecule has 2 fully saturated rings. The Morgan fingerprint density at radius 2 is 1.75 bits per heavy atom. The third-order valence-electron chi connectivity index (χ3n) is 6.58. The molecule has 1 saturated heterocycles. The van der Waals surface area contributed by atoms with Gasteiger partial charge < -0.3 is 4.74 Å². The van der Waals surface area contributed by atoms with Crippen LogP contribution in [0.3, 0.4) is 0 Å². The average Bonchev–Trinajstić information content (AvgIpc) is 3.60. The maximum Gasteiger partial charge on any atom is 0.199 e. The summed E-state index contributed by atoms with van der Waals surface area (Å²) in [6, 6.07) is 17.0. The molecule has 32 heavy (non-hydrogen) atoms. The maximum atomic E-state index is 6.34. The van der Waals surface area contributed by atoms with E-state index >= 15 is 0 Å². The van der Waals surface area contributed by atoms with E-state index in [1.165, 1.54) is 29.5 Å². The molecule has 0 radical (unpaired) electrons. The van der Waals surface area contributed by atoms with Crippen molar-refractivity contribution in [1.82, 2.24) is 19.2 Å². The van der Waals surface area contributed by atoms with Gasteiger partial charge >= 0.3 is 0 Å². The van der Waals surface area contributed by atoms with E-state index in [9.17, 15) is 0 Å². The molecule has 0 bridgehead atoms. The van der Waals surface area contributed by atoms with E-state index in [1.807, 2.05) is 4.68 Å². The fourth-order valence-corrected chi connectivity index (χ4v) is 4.74. The van der Waals surface area contributed by atoms with Gasteiger partial charge in [0.2, 0.25) is 0 Å². The summed E-state index contributed by atoms with van der Waals surface area (Å²) >= 11 is 5.88. The summed E-state index contributed by atoms with van der Waals surface area (Å²) in [4.78, 5) is 2.45. The Kier molecular flexibility index (Phi) is 6.15. The molecule has 2 heterocycles. The zero-order valence-electron chi connectivity index (χ0n) is 19.0. The smallest absolute Gasteiger partial charge is 0.199 e. The van der Waals surface area contributed by atoms with Crippen molar-refractivity contribution in [3.63, 3.8) is 0 Å². The highest BCUT2D eigenvalue weighted by Gasteiger charge is 2.30. The van der Waals surface area contributed by atoms with Crippen molar-refractivity contribution in [3.05, 3.63) is 75.8 Å². The fraction of sp³-hybridized carbons (Fsp3) is 0.462. The van der Waals surface area contributed by atoms with E-state index in [-0.39, 0.29) is 6.10 Å². The second-order valence-electron chi connectivity index (χ2n) is 9.33. The van der Waals surface area contributed by atoms with Crippen LogP contribution in [0.2, 0.25) is 0 Å². The van der Waals surface area contributed by atoms with E-state index in [0.29, 0.717) is 5.92 Å². The van der Waals surface area contributed by atoms with Crippen LogP contribution in [0.4, 0.5) is 0 Å². The second kappa shape index (κ2) is 9.20. The summed E-state index contributed by atoms with van der Waals surface area (Å²) in [7, 11) is 0. The van der Waals surface area contributed by atoms with Gasteiger partial charge in [0.25, 0.3) is 0 Å². The first-order valence-electron chi connectivity index (χ1n) is 11.7.